The van der Waals surface area contributed by atoms with Crippen LogP contribution in [0.2, 0.25) is 5.02 Å². The molecule has 2 aromatic rings. The van der Waals surface area contributed by atoms with Crippen LogP contribution in [-0.2, 0) is 6.42 Å². The Morgan fingerprint density at radius 1 is 1.00 bits per heavy atom. The van der Waals surface area contributed by atoms with Gasteiger partial charge in [-0.05, 0) is 23.6 Å². The van der Waals surface area contributed by atoms with Gasteiger partial charge in [0.15, 0.2) is 0 Å². The highest BCUT2D eigenvalue weighted by atomic mass is 35.5. The maximum atomic E-state index is 6.28. The summed E-state index contributed by atoms with van der Waals surface area (Å²) in [6.07, 6.45) is 2.28. The highest BCUT2D eigenvalue weighted by Crippen LogP contribution is 2.35. The molecule has 0 nitrogen and oxygen atoms in total. The Balaban J connectivity index is 0.000000677. The summed E-state index contributed by atoms with van der Waals surface area (Å²) in [4.78, 5) is 0. The minimum Gasteiger partial charge on any atom is -0.0843 e. The van der Waals surface area contributed by atoms with E-state index in [1.165, 1.54) is 12.0 Å². The van der Waals surface area contributed by atoms with Gasteiger partial charge in [0, 0.05) is 21.2 Å². The molecular weight excluding hydrogens is 299 g/mol. The van der Waals surface area contributed by atoms with E-state index < -0.39 is 0 Å². The summed E-state index contributed by atoms with van der Waals surface area (Å²) in [6, 6.07) is 14.1. The number of benzene rings is 2. The number of hydrogen-bond acceptors (Lipinski definition) is 0. The average Bonchev–Trinajstić information content (AvgIpc) is 2.48. The van der Waals surface area contributed by atoms with Crippen LogP contribution < -0.4 is 0 Å². The molecule has 2 rings (SSSR count). The van der Waals surface area contributed by atoms with Crippen LogP contribution >= 0.6 is 23.2 Å². The van der Waals surface area contributed by atoms with Crippen molar-refractivity contribution in [3.63, 3.8) is 0 Å². The lowest BCUT2D eigenvalue weighted by atomic mass is 9.98. The van der Waals surface area contributed by atoms with Gasteiger partial charge in [-0.15, -0.1) is 0 Å². The number of aryl methyl sites for hydroxylation is 1. The first-order valence-corrected chi connectivity index (χ1v) is 8.03. The van der Waals surface area contributed by atoms with E-state index in [4.69, 9.17) is 23.2 Å². The summed E-state index contributed by atoms with van der Waals surface area (Å²) in [6.45, 7) is 10.2. The Kier molecular flexibility index (Phi) is 7.56. The maximum Gasteiger partial charge on any atom is 0.0490 e. The Morgan fingerprint density at radius 3 is 2.05 bits per heavy atom. The quantitative estimate of drug-likeness (QED) is 0.561. The van der Waals surface area contributed by atoms with Crippen molar-refractivity contribution in [2.45, 2.75) is 33.6 Å². The lowest BCUT2D eigenvalue weighted by Gasteiger charge is -2.11. The number of halogens is 2. The van der Waals surface area contributed by atoms with E-state index in [9.17, 15) is 0 Å². The number of hydrogen-bond donors (Lipinski definition) is 0. The monoisotopic (exact) mass is 320 g/mol. The normalized spacial score (nSPS) is 9.76. The second-order valence-corrected chi connectivity index (χ2v) is 5.69. The molecule has 0 amide bonds. The first-order valence-electron chi connectivity index (χ1n) is 7.27. The standard InChI is InChI=1S/C16H14Cl2.C3H8/c1-3-12-7-9-13(10-8-12)16-14(11(2)17)5-4-6-15(16)18;1-3-2/h4-10H,2-3H2,1H3;3H2,1-2H3. The largest absolute Gasteiger partial charge is 0.0843 e. The summed E-state index contributed by atoms with van der Waals surface area (Å²) >= 11 is 12.3. The van der Waals surface area contributed by atoms with Crippen LogP contribution in [0.1, 0.15) is 38.3 Å². The van der Waals surface area contributed by atoms with E-state index in [1.54, 1.807) is 0 Å². The van der Waals surface area contributed by atoms with Crippen molar-refractivity contribution in [2.75, 3.05) is 0 Å². The van der Waals surface area contributed by atoms with Gasteiger partial charge < -0.3 is 0 Å². The third kappa shape index (κ3) is 4.91. The Morgan fingerprint density at radius 2 is 1.57 bits per heavy atom. The van der Waals surface area contributed by atoms with E-state index in [1.807, 2.05) is 18.2 Å². The molecule has 0 saturated heterocycles. The van der Waals surface area contributed by atoms with Crippen molar-refractivity contribution in [1.29, 1.82) is 0 Å². The molecule has 2 aromatic carbocycles. The summed E-state index contributed by atoms with van der Waals surface area (Å²) in [5.41, 5.74) is 4.20. The van der Waals surface area contributed by atoms with E-state index >= 15 is 0 Å². The van der Waals surface area contributed by atoms with Crippen molar-refractivity contribution in [3.8, 4) is 11.1 Å². The third-order valence-electron chi connectivity index (χ3n) is 2.96. The second-order valence-electron chi connectivity index (χ2n) is 4.82. The zero-order chi connectivity index (χ0) is 15.8. The predicted molar refractivity (Wildman–Crippen MR) is 97.1 cm³/mol. The van der Waals surface area contributed by atoms with Crippen LogP contribution in [-0.4, -0.2) is 0 Å². The molecular formula is C19H22Cl2. The number of rotatable bonds is 3. The Hall–Kier alpha value is -1.24. The minimum absolute atomic E-state index is 0.507. The maximum absolute atomic E-state index is 6.28. The van der Waals surface area contributed by atoms with Gasteiger partial charge in [0.05, 0.1) is 0 Å². The van der Waals surface area contributed by atoms with E-state index in [-0.39, 0.29) is 0 Å². The fourth-order valence-electron chi connectivity index (χ4n) is 1.95. The molecule has 0 unspecified atom stereocenters. The van der Waals surface area contributed by atoms with Crippen LogP contribution in [0.4, 0.5) is 0 Å². The first kappa shape index (κ1) is 17.8. The molecule has 2 heteroatoms. The fourth-order valence-corrected chi connectivity index (χ4v) is 2.39. The van der Waals surface area contributed by atoms with Crippen molar-refractivity contribution in [1.82, 2.24) is 0 Å². The SMILES string of the molecule is C=C(Cl)c1cccc(Cl)c1-c1ccc(CC)cc1.CCC. The van der Waals surface area contributed by atoms with E-state index in [0.717, 1.165) is 23.1 Å². The van der Waals surface area contributed by atoms with Crippen molar-refractivity contribution < 1.29 is 0 Å². The molecule has 0 N–H and O–H groups in total. The molecule has 0 spiro atoms. The molecule has 0 aromatic heterocycles. The van der Waals surface area contributed by atoms with Crippen molar-refractivity contribution in [3.05, 3.63) is 65.2 Å². The summed E-state index contributed by atoms with van der Waals surface area (Å²) in [7, 11) is 0. The average molecular weight is 321 g/mol. The molecule has 21 heavy (non-hydrogen) atoms. The Bertz CT molecular complexity index is 583. The smallest absolute Gasteiger partial charge is 0.0490 e. The second kappa shape index (κ2) is 8.92. The van der Waals surface area contributed by atoms with Gasteiger partial charge in [-0.1, -0.05) is 93.4 Å². The highest BCUT2D eigenvalue weighted by molar-refractivity contribution is 6.49. The van der Waals surface area contributed by atoms with Crippen LogP contribution in [0, 0.1) is 0 Å². The topological polar surface area (TPSA) is 0 Å². The molecule has 112 valence electrons. The summed E-state index contributed by atoms with van der Waals surface area (Å²) < 4.78 is 0. The molecule has 0 bridgehead atoms. The molecule has 0 atom stereocenters. The molecule has 0 saturated carbocycles. The third-order valence-corrected chi connectivity index (χ3v) is 3.48. The van der Waals surface area contributed by atoms with Gasteiger partial charge in [-0.25, -0.2) is 0 Å². The van der Waals surface area contributed by atoms with Crippen LogP contribution in [0.15, 0.2) is 49.0 Å². The minimum atomic E-state index is 0.507. The molecule has 0 aliphatic heterocycles. The van der Waals surface area contributed by atoms with Crippen LogP contribution in [0.25, 0.3) is 16.2 Å². The van der Waals surface area contributed by atoms with Gasteiger partial charge in [0.25, 0.3) is 0 Å². The molecule has 0 fully saturated rings. The van der Waals surface area contributed by atoms with Crippen LogP contribution in [0.3, 0.4) is 0 Å². The van der Waals surface area contributed by atoms with Crippen molar-refractivity contribution >= 4 is 28.2 Å². The highest BCUT2D eigenvalue weighted by Gasteiger charge is 2.10. The lowest BCUT2D eigenvalue weighted by Crippen LogP contribution is -1.88. The summed E-state index contributed by atoms with van der Waals surface area (Å²) in [5.74, 6) is 0. The van der Waals surface area contributed by atoms with Gasteiger partial charge in [-0.2, -0.15) is 0 Å². The lowest BCUT2D eigenvalue weighted by molar-refractivity contribution is 1.09. The fraction of sp³-hybridized carbons (Fsp3) is 0.263. The van der Waals surface area contributed by atoms with Gasteiger partial charge in [0.2, 0.25) is 0 Å². The molecule has 0 heterocycles. The first-order chi connectivity index (χ1) is 10.0. The molecule has 0 radical (unpaired) electrons. The Labute approximate surface area is 138 Å². The zero-order valence-corrected chi connectivity index (χ0v) is 14.4. The van der Waals surface area contributed by atoms with Gasteiger partial charge >= 0.3 is 0 Å². The van der Waals surface area contributed by atoms with E-state index in [2.05, 4.69) is 51.6 Å². The van der Waals surface area contributed by atoms with Gasteiger partial charge in [-0.3, -0.25) is 0 Å². The van der Waals surface area contributed by atoms with Crippen LogP contribution in [0.5, 0.6) is 0 Å². The predicted octanol–water partition coefficient (Wildman–Crippen LogP) is 7.20. The zero-order valence-electron chi connectivity index (χ0n) is 12.9. The molecule has 0 aliphatic carbocycles. The van der Waals surface area contributed by atoms with Gasteiger partial charge in [0.1, 0.15) is 0 Å². The molecule has 0 aliphatic rings. The van der Waals surface area contributed by atoms with E-state index in [0.29, 0.717) is 10.1 Å². The van der Waals surface area contributed by atoms with Crippen molar-refractivity contribution in [2.24, 2.45) is 0 Å². The summed E-state index contributed by atoms with van der Waals surface area (Å²) in [5, 5.41) is 1.20.